The van der Waals surface area contributed by atoms with E-state index in [1.165, 1.54) is 6.07 Å². The van der Waals surface area contributed by atoms with Gasteiger partial charge in [-0.25, -0.2) is 0 Å². The van der Waals surface area contributed by atoms with E-state index in [4.69, 9.17) is 0 Å². The molecule has 2 saturated heterocycles. The number of nitrogens with one attached hydrogen (secondary N) is 2. The number of phenols is 1. The topological polar surface area (TPSA) is 122 Å². The van der Waals surface area contributed by atoms with E-state index in [0.29, 0.717) is 62.5 Å². The second-order valence-electron chi connectivity index (χ2n) is 9.69. The molecule has 0 atom stereocenters. The van der Waals surface area contributed by atoms with Crippen molar-refractivity contribution in [3.63, 3.8) is 0 Å². The van der Waals surface area contributed by atoms with Gasteiger partial charge in [-0.05, 0) is 35.7 Å². The van der Waals surface area contributed by atoms with Gasteiger partial charge in [0.2, 0.25) is 5.91 Å². The van der Waals surface area contributed by atoms with Crippen molar-refractivity contribution in [2.24, 2.45) is 0 Å². The Morgan fingerprint density at radius 1 is 0.972 bits per heavy atom. The number of hydrogen-bond donors (Lipinski definition) is 3. The number of H-pyrrole nitrogens is 1. The highest BCUT2D eigenvalue weighted by atomic mass is 16.3. The van der Waals surface area contributed by atoms with Crippen LogP contribution < -0.4 is 5.32 Å². The third-order valence-electron chi connectivity index (χ3n) is 7.37. The van der Waals surface area contributed by atoms with E-state index in [0.717, 1.165) is 36.0 Å². The fraction of sp³-hybridized carbons (Fsp3) is 0.385. The number of hydrogen-bond acceptors (Lipinski definition) is 6. The van der Waals surface area contributed by atoms with Crippen LogP contribution in [0, 0.1) is 0 Å². The summed E-state index contributed by atoms with van der Waals surface area (Å²) < 4.78 is 0. The Balaban J connectivity index is 1.22. The Bertz CT molecular complexity index is 1380. The molecule has 6 rings (SSSR count). The minimum absolute atomic E-state index is 0.0103. The normalized spacial score (nSPS) is 17.8. The molecule has 36 heavy (non-hydrogen) atoms. The van der Waals surface area contributed by atoms with Gasteiger partial charge in [-0.15, -0.1) is 0 Å². The molecule has 0 aliphatic carbocycles. The first-order valence-electron chi connectivity index (χ1n) is 12.4. The quantitative estimate of drug-likeness (QED) is 0.513. The van der Waals surface area contributed by atoms with Gasteiger partial charge >= 0.3 is 0 Å². The standard InChI is InChI=1S/C26H28N6O4/c33-23-12-21-19(22(29-28-21)15-31-7-1-2-24(31)34)11-20(23)26(36)32-13-17-4-3-16(10-18(17)14-32)25(35)30-8-5-27-6-9-30/h3-4,10-12,27,33H,1-2,5-9,13-15H2,(H,28,29). The van der Waals surface area contributed by atoms with Crippen LogP contribution in [-0.2, 0) is 24.4 Å². The Hall–Kier alpha value is -3.92. The lowest BCUT2D eigenvalue weighted by Crippen LogP contribution is -2.46. The van der Waals surface area contributed by atoms with Gasteiger partial charge in [0.1, 0.15) is 5.75 Å². The Morgan fingerprint density at radius 3 is 2.56 bits per heavy atom. The highest BCUT2D eigenvalue weighted by molar-refractivity contribution is 6.02. The molecule has 3 aliphatic heterocycles. The zero-order valence-electron chi connectivity index (χ0n) is 19.9. The summed E-state index contributed by atoms with van der Waals surface area (Å²) >= 11 is 0. The van der Waals surface area contributed by atoms with E-state index < -0.39 is 0 Å². The maximum atomic E-state index is 13.5. The summed E-state index contributed by atoms with van der Waals surface area (Å²) in [6.07, 6.45) is 1.38. The van der Waals surface area contributed by atoms with Crippen LogP contribution in [0.25, 0.3) is 10.9 Å². The summed E-state index contributed by atoms with van der Waals surface area (Å²) in [4.78, 5) is 43.7. The SMILES string of the molecule is O=C1CCCN1Cc1n[nH]c2cc(O)c(C(=O)N3Cc4ccc(C(=O)N5CCNCC5)cc4C3)cc12. The number of benzene rings is 2. The highest BCUT2D eigenvalue weighted by Gasteiger charge is 2.29. The third kappa shape index (κ3) is 3.97. The number of amides is 3. The molecule has 0 spiro atoms. The summed E-state index contributed by atoms with van der Waals surface area (Å²) in [6, 6.07) is 8.81. The number of aromatic hydroxyl groups is 1. The van der Waals surface area contributed by atoms with Crippen LogP contribution in [0.1, 0.15) is 50.4 Å². The van der Waals surface area contributed by atoms with Crippen LogP contribution in [0.2, 0.25) is 0 Å². The minimum atomic E-state index is -0.287. The molecule has 186 valence electrons. The average Bonchev–Trinajstić information content (AvgIpc) is 3.61. The lowest BCUT2D eigenvalue weighted by atomic mass is 10.1. The van der Waals surface area contributed by atoms with Crippen LogP contribution in [-0.4, -0.2) is 80.4 Å². The number of aromatic nitrogens is 2. The third-order valence-corrected chi connectivity index (χ3v) is 7.37. The second kappa shape index (κ2) is 8.94. The molecule has 0 bridgehead atoms. The number of piperazine rings is 1. The number of rotatable bonds is 4. The number of carbonyl (C=O) groups excluding carboxylic acids is 3. The molecule has 3 aliphatic rings. The van der Waals surface area contributed by atoms with Gasteiger partial charge in [0.15, 0.2) is 0 Å². The maximum absolute atomic E-state index is 13.5. The molecule has 0 unspecified atom stereocenters. The van der Waals surface area contributed by atoms with Crippen LogP contribution in [0.15, 0.2) is 30.3 Å². The van der Waals surface area contributed by atoms with Gasteiger partial charge in [0.05, 0.1) is 23.3 Å². The molecule has 3 aromatic rings. The highest BCUT2D eigenvalue weighted by Crippen LogP contribution is 2.31. The lowest BCUT2D eigenvalue weighted by Gasteiger charge is -2.27. The zero-order valence-corrected chi connectivity index (χ0v) is 19.9. The fourth-order valence-corrected chi connectivity index (χ4v) is 5.34. The fourth-order valence-electron chi connectivity index (χ4n) is 5.34. The molecule has 4 heterocycles. The predicted molar refractivity (Wildman–Crippen MR) is 131 cm³/mol. The molecule has 2 fully saturated rings. The molecule has 2 aromatic carbocycles. The first-order chi connectivity index (χ1) is 17.5. The summed E-state index contributed by atoms with van der Waals surface area (Å²) in [6.45, 7) is 4.80. The maximum Gasteiger partial charge on any atom is 0.258 e. The van der Waals surface area contributed by atoms with E-state index in [2.05, 4.69) is 15.5 Å². The van der Waals surface area contributed by atoms with Crippen LogP contribution in [0.4, 0.5) is 0 Å². The van der Waals surface area contributed by atoms with Crippen molar-refractivity contribution < 1.29 is 19.5 Å². The van der Waals surface area contributed by atoms with E-state index in [-0.39, 0.29) is 29.0 Å². The average molecular weight is 489 g/mol. The molecule has 0 saturated carbocycles. The predicted octanol–water partition coefficient (Wildman–Crippen LogP) is 1.59. The van der Waals surface area contributed by atoms with Gasteiger partial charge in [-0.3, -0.25) is 19.5 Å². The Labute approximate surface area is 207 Å². The summed E-state index contributed by atoms with van der Waals surface area (Å²) in [5.74, 6) is -0.294. The molecule has 10 heteroatoms. The van der Waals surface area contributed by atoms with Crippen LogP contribution >= 0.6 is 0 Å². The Kier molecular flexibility index (Phi) is 5.60. The van der Waals surface area contributed by atoms with Crippen molar-refractivity contribution in [3.8, 4) is 5.75 Å². The lowest BCUT2D eigenvalue weighted by molar-refractivity contribution is -0.128. The van der Waals surface area contributed by atoms with Gasteiger partial charge in [-0.1, -0.05) is 6.07 Å². The first-order valence-corrected chi connectivity index (χ1v) is 12.4. The smallest absolute Gasteiger partial charge is 0.258 e. The zero-order chi connectivity index (χ0) is 24.8. The number of carbonyl (C=O) groups is 3. The molecule has 3 N–H and O–H groups in total. The number of nitrogens with zero attached hydrogens (tertiary/aromatic N) is 4. The summed E-state index contributed by atoms with van der Waals surface area (Å²) in [7, 11) is 0. The molecule has 1 aromatic heterocycles. The number of likely N-dealkylation sites (tertiary alicyclic amines) is 1. The first kappa shape index (κ1) is 22.5. The van der Waals surface area contributed by atoms with E-state index in [1.54, 1.807) is 15.9 Å². The number of fused-ring (bicyclic) bond motifs is 2. The van der Waals surface area contributed by atoms with Gasteiger partial charge < -0.3 is 25.1 Å². The van der Waals surface area contributed by atoms with Gasteiger partial charge in [-0.2, -0.15) is 5.10 Å². The van der Waals surface area contributed by atoms with E-state index >= 15 is 0 Å². The van der Waals surface area contributed by atoms with Crippen molar-refractivity contribution in [1.29, 1.82) is 0 Å². The molecular formula is C26H28N6O4. The second-order valence-corrected chi connectivity index (χ2v) is 9.69. The van der Waals surface area contributed by atoms with Crippen molar-refractivity contribution in [3.05, 3.63) is 58.3 Å². The van der Waals surface area contributed by atoms with Crippen molar-refractivity contribution in [1.82, 2.24) is 30.2 Å². The molecule has 10 nitrogen and oxygen atoms in total. The van der Waals surface area contributed by atoms with E-state index in [1.807, 2.05) is 23.1 Å². The van der Waals surface area contributed by atoms with Crippen molar-refractivity contribution >= 4 is 28.6 Å². The Morgan fingerprint density at radius 2 is 1.78 bits per heavy atom. The monoisotopic (exact) mass is 488 g/mol. The number of aromatic amines is 1. The van der Waals surface area contributed by atoms with Gasteiger partial charge in [0, 0.05) is 69.3 Å². The molecular weight excluding hydrogens is 460 g/mol. The summed E-state index contributed by atoms with van der Waals surface area (Å²) in [5, 5.41) is 21.8. The summed E-state index contributed by atoms with van der Waals surface area (Å²) in [5.41, 5.74) is 4.07. The van der Waals surface area contributed by atoms with E-state index in [9.17, 15) is 19.5 Å². The van der Waals surface area contributed by atoms with Crippen molar-refractivity contribution in [2.75, 3.05) is 32.7 Å². The van der Waals surface area contributed by atoms with Crippen LogP contribution in [0.5, 0.6) is 5.75 Å². The van der Waals surface area contributed by atoms with Crippen molar-refractivity contribution in [2.45, 2.75) is 32.5 Å². The number of phenolic OH excluding ortho intramolecular Hbond substituents is 1. The van der Waals surface area contributed by atoms with Gasteiger partial charge in [0.25, 0.3) is 11.8 Å². The molecule has 3 amide bonds. The largest absolute Gasteiger partial charge is 0.507 e. The van der Waals surface area contributed by atoms with Crippen LogP contribution in [0.3, 0.4) is 0 Å². The molecule has 0 radical (unpaired) electrons. The minimum Gasteiger partial charge on any atom is -0.507 e.